The van der Waals surface area contributed by atoms with Gasteiger partial charge in [0, 0.05) is 12.5 Å². The van der Waals surface area contributed by atoms with Gasteiger partial charge in [0.25, 0.3) is 0 Å². The van der Waals surface area contributed by atoms with Crippen molar-refractivity contribution in [2.45, 2.75) is 76.0 Å². The van der Waals surface area contributed by atoms with E-state index in [1.165, 1.54) is 0 Å². The summed E-state index contributed by atoms with van der Waals surface area (Å²) in [6, 6.07) is 2.22. The highest BCUT2D eigenvalue weighted by atomic mass is 16.2. The van der Waals surface area contributed by atoms with Crippen LogP contribution in [-0.4, -0.2) is 38.3 Å². The molecule has 2 N–H and O–H groups in total. The molecule has 7 nitrogen and oxygen atoms in total. The van der Waals surface area contributed by atoms with Crippen molar-refractivity contribution in [2.75, 3.05) is 0 Å². The van der Waals surface area contributed by atoms with Crippen LogP contribution in [0.3, 0.4) is 0 Å². The zero-order valence-electron chi connectivity index (χ0n) is 13.6. The van der Waals surface area contributed by atoms with E-state index >= 15 is 0 Å². The number of hydrogen-bond acceptors (Lipinski definition) is 5. The van der Waals surface area contributed by atoms with Gasteiger partial charge in [-0.25, -0.2) is 9.67 Å². The molecule has 1 saturated carbocycles. The zero-order valence-corrected chi connectivity index (χ0v) is 13.6. The van der Waals surface area contributed by atoms with Crippen molar-refractivity contribution in [3.8, 4) is 6.07 Å². The highest BCUT2D eigenvalue weighted by molar-refractivity contribution is 5.82. The van der Waals surface area contributed by atoms with E-state index < -0.39 is 5.54 Å². The number of aryl methyl sites for hydroxylation is 1. The lowest BCUT2D eigenvalue weighted by Crippen LogP contribution is -2.56. The molecule has 1 amide bonds. The van der Waals surface area contributed by atoms with Crippen LogP contribution in [0.1, 0.15) is 51.3 Å². The normalized spacial score (nSPS) is 24.3. The highest BCUT2D eigenvalue weighted by Crippen LogP contribution is 2.27. The van der Waals surface area contributed by atoms with Crippen molar-refractivity contribution in [2.24, 2.45) is 0 Å². The van der Waals surface area contributed by atoms with Crippen LogP contribution < -0.4 is 10.6 Å². The summed E-state index contributed by atoms with van der Waals surface area (Å²) in [5.41, 5.74) is -0.670. The Morgan fingerprint density at radius 2 is 2.26 bits per heavy atom. The highest BCUT2D eigenvalue weighted by Gasteiger charge is 2.35. The molecule has 1 aliphatic carbocycles. The van der Waals surface area contributed by atoms with Crippen LogP contribution in [0, 0.1) is 11.3 Å². The van der Waals surface area contributed by atoms with Crippen LogP contribution in [0.4, 0.5) is 0 Å². The van der Waals surface area contributed by atoms with Gasteiger partial charge in [0.1, 0.15) is 17.7 Å². The summed E-state index contributed by atoms with van der Waals surface area (Å²) in [5.74, 6) is 0.920. The van der Waals surface area contributed by atoms with Gasteiger partial charge in [0.2, 0.25) is 5.91 Å². The summed E-state index contributed by atoms with van der Waals surface area (Å²) in [5, 5.41) is 20.0. The van der Waals surface area contributed by atoms with Gasteiger partial charge < -0.3 is 10.6 Å². The predicted octanol–water partition coefficient (Wildman–Crippen LogP) is 0.914. The number of fused-ring (bicyclic) bond motifs is 1. The van der Waals surface area contributed by atoms with Crippen LogP contribution in [0.15, 0.2) is 6.33 Å². The summed E-state index contributed by atoms with van der Waals surface area (Å²) in [6.07, 6.45) is 8.07. The van der Waals surface area contributed by atoms with Crippen molar-refractivity contribution in [1.29, 1.82) is 5.26 Å². The fraction of sp³-hybridized carbons (Fsp3) is 0.750. The molecule has 0 unspecified atom stereocenters. The number of nitrogens with one attached hydrogen (secondary N) is 2. The topological polar surface area (TPSA) is 95.6 Å². The van der Waals surface area contributed by atoms with Crippen LogP contribution in [-0.2, 0) is 17.8 Å². The number of nitrogens with zero attached hydrogens (tertiary/aromatic N) is 4. The van der Waals surface area contributed by atoms with Gasteiger partial charge in [-0.15, -0.1) is 0 Å². The van der Waals surface area contributed by atoms with Gasteiger partial charge in [-0.3, -0.25) is 4.79 Å². The molecule has 1 aromatic heterocycles. The first-order valence-corrected chi connectivity index (χ1v) is 8.48. The molecular formula is C16H24N6O. The molecule has 0 radical (unpaired) electrons. The summed E-state index contributed by atoms with van der Waals surface area (Å²) >= 11 is 0. The summed E-state index contributed by atoms with van der Waals surface area (Å²) in [6.45, 7) is 2.59. The number of carbonyl (C=O) groups is 1. The van der Waals surface area contributed by atoms with Crippen molar-refractivity contribution in [3.05, 3.63) is 12.2 Å². The molecule has 0 spiro atoms. The third kappa shape index (κ3) is 3.53. The van der Waals surface area contributed by atoms with Gasteiger partial charge in [0.05, 0.1) is 18.7 Å². The average molecular weight is 316 g/mol. The standard InChI is InChI=1S/C16H24N6O/c1-12(15(23)21-16(10-17)7-3-2-4-8-16)20-13-5-6-14-18-11-19-22(14)9-13/h11-13,20H,2-9H2,1H3,(H,21,23)/t12-,13-/m0/s1. The molecule has 1 fully saturated rings. The van der Waals surface area contributed by atoms with Crippen LogP contribution >= 0.6 is 0 Å². The number of rotatable bonds is 4. The molecular weight excluding hydrogens is 292 g/mol. The fourth-order valence-corrected chi connectivity index (χ4v) is 3.57. The number of aromatic nitrogens is 3. The van der Waals surface area contributed by atoms with E-state index in [0.29, 0.717) is 0 Å². The van der Waals surface area contributed by atoms with Crippen molar-refractivity contribution >= 4 is 5.91 Å². The molecule has 2 heterocycles. The smallest absolute Gasteiger partial charge is 0.238 e. The van der Waals surface area contributed by atoms with Gasteiger partial charge >= 0.3 is 0 Å². The number of amides is 1. The number of nitriles is 1. The lowest BCUT2D eigenvalue weighted by molar-refractivity contribution is -0.124. The Bertz CT molecular complexity index is 598. The number of carbonyl (C=O) groups excluding carboxylic acids is 1. The zero-order chi connectivity index (χ0) is 16.3. The van der Waals surface area contributed by atoms with Crippen LogP contribution in [0.25, 0.3) is 0 Å². The molecule has 2 aliphatic rings. The van der Waals surface area contributed by atoms with Gasteiger partial charge in [-0.1, -0.05) is 19.3 Å². The lowest BCUT2D eigenvalue weighted by atomic mass is 9.82. The number of hydrogen-bond donors (Lipinski definition) is 2. The Hall–Kier alpha value is -1.94. The first-order chi connectivity index (χ1) is 11.1. The van der Waals surface area contributed by atoms with Gasteiger partial charge in [-0.05, 0) is 26.2 Å². The molecule has 23 heavy (non-hydrogen) atoms. The minimum atomic E-state index is -0.670. The largest absolute Gasteiger partial charge is 0.336 e. The van der Waals surface area contributed by atoms with Crippen molar-refractivity contribution < 1.29 is 4.79 Å². The minimum Gasteiger partial charge on any atom is -0.336 e. The van der Waals surface area contributed by atoms with Crippen molar-refractivity contribution in [1.82, 2.24) is 25.4 Å². The maximum absolute atomic E-state index is 12.5. The summed E-state index contributed by atoms with van der Waals surface area (Å²) in [7, 11) is 0. The Morgan fingerprint density at radius 3 is 3.00 bits per heavy atom. The maximum Gasteiger partial charge on any atom is 0.238 e. The second-order valence-corrected chi connectivity index (χ2v) is 6.73. The molecule has 1 aliphatic heterocycles. The van der Waals surface area contributed by atoms with E-state index in [0.717, 1.165) is 57.3 Å². The second kappa shape index (κ2) is 6.67. The van der Waals surface area contributed by atoms with E-state index in [1.54, 1.807) is 6.33 Å². The summed E-state index contributed by atoms with van der Waals surface area (Å²) < 4.78 is 1.89. The maximum atomic E-state index is 12.5. The minimum absolute atomic E-state index is 0.0853. The third-order valence-corrected chi connectivity index (χ3v) is 4.97. The lowest BCUT2D eigenvalue weighted by Gasteiger charge is -2.33. The quantitative estimate of drug-likeness (QED) is 0.861. The molecule has 7 heteroatoms. The summed E-state index contributed by atoms with van der Waals surface area (Å²) in [4.78, 5) is 16.7. The average Bonchev–Trinajstić information content (AvgIpc) is 3.03. The molecule has 1 aromatic rings. The molecule has 0 saturated heterocycles. The fourth-order valence-electron chi connectivity index (χ4n) is 3.57. The van der Waals surface area contributed by atoms with Crippen LogP contribution in [0.5, 0.6) is 0 Å². The second-order valence-electron chi connectivity index (χ2n) is 6.73. The van der Waals surface area contributed by atoms with Gasteiger partial charge in [0.15, 0.2) is 0 Å². The van der Waals surface area contributed by atoms with E-state index in [1.807, 2.05) is 11.6 Å². The molecule has 0 aromatic carbocycles. The SMILES string of the molecule is C[C@H](N[C@H]1CCc2ncnn2C1)C(=O)NC1(C#N)CCCCC1. The Labute approximate surface area is 136 Å². The van der Waals surface area contributed by atoms with E-state index in [4.69, 9.17) is 0 Å². The van der Waals surface area contributed by atoms with Crippen molar-refractivity contribution in [3.63, 3.8) is 0 Å². The van der Waals surface area contributed by atoms with E-state index in [2.05, 4.69) is 26.8 Å². The van der Waals surface area contributed by atoms with Gasteiger partial charge in [-0.2, -0.15) is 10.4 Å². The Balaban J connectivity index is 1.55. The van der Waals surface area contributed by atoms with Crippen LogP contribution in [0.2, 0.25) is 0 Å². The molecule has 124 valence electrons. The Kier molecular flexibility index (Phi) is 4.62. The predicted molar refractivity (Wildman–Crippen MR) is 84.3 cm³/mol. The van der Waals surface area contributed by atoms with E-state index in [-0.39, 0.29) is 18.0 Å². The molecule has 2 atom stereocenters. The first kappa shape index (κ1) is 15.9. The molecule has 3 rings (SSSR count). The third-order valence-electron chi connectivity index (χ3n) is 4.97. The Morgan fingerprint density at radius 1 is 1.48 bits per heavy atom. The first-order valence-electron chi connectivity index (χ1n) is 8.48. The monoisotopic (exact) mass is 316 g/mol. The molecule has 0 bridgehead atoms. The van der Waals surface area contributed by atoms with E-state index in [9.17, 15) is 10.1 Å².